The first-order valence-electron chi connectivity index (χ1n) is 19.3. The Morgan fingerprint density at radius 1 is 0.351 bits per heavy atom. The Labute approximate surface area is 327 Å². The van der Waals surface area contributed by atoms with Crippen LogP contribution in [0.15, 0.2) is 199 Å². The lowest BCUT2D eigenvalue weighted by Crippen LogP contribution is -2.00. The maximum absolute atomic E-state index is 6.54. The summed E-state index contributed by atoms with van der Waals surface area (Å²) < 4.78 is 11.4. The van der Waals surface area contributed by atoms with Gasteiger partial charge in [-0.15, -0.1) is 0 Å². The average Bonchev–Trinajstić information content (AvgIpc) is 3.95. The number of hydrogen-bond donors (Lipinski definition) is 0. The standard InChI is InChI=1S/C52H32N4O/c1-4-15-33(16-5-1)43-32-44(34-17-6-2-7-18-34)54-52(53-43)35-19-14-22-37(31-35)56-49-40(29-30-47-48(49)42-24-11-13-26-46(42)57-47)41-28-27-39-38-23-10-12-25-45(38)55(50(39)51(41)56)36-20-8-3-9-21-36/h1-32H. The Bertz CT molecular complexity index is 3450. The van der Waals surface area contributed by atoms with E-state index in [1.165, 1.54) is 16.2 Å². The Morgan fingerprint density at radius 2 is 0.895 bits per heavy atom. The summed E-state index contributed by atoms with van der Waals surface area (Å²) in [6.07, 6.45) is 0. The molecule has 12 aromatic rings. The van der Waals surface area contributed by atoms with Crippen LogP contribution in [0.5, 0.6) is 0 Å². The molecule has 57 heavy (non-hydrogen) atoms. The molecule has 0 saturated heterocycles. The fourth-order valence-corrected chi connectivity index (χ4v) is 8.82. The number of fused-ring (bicyclic) bond motifs is 11. The highest BCUT2D eigenvalue weighted by Crippen LogP contribution is 2.45. The molecule has 0 amide bonds. The first-order chi connectivity index (χ1) is 28.3. The van der Waals surface area contributed by atoms with E-state index < -0.39 is 0 Å². The number of furan rings is 1. The van der Waals surface area contributed by atoms with Crippen LogP contribution in [0, 0.1) is 0 Å². The molecule has 8 aromatic carbocycles. The van der Waals surface area contributed by atoms with Crippen LogP contribution >= 0.6 is 0 Å². The minimum atomic E-state index is 0.667. The fraction of sp³-hybridized carbons (Fsp3) is 0. The van der Waals surface area contributed by atoms with E-state index in [0.717, 1.165) is 88.8 Å². The first-order valence-corrected chi connectivity index (χ1v) is 19.3. The molecule has 4 heterocycles. The summed E-state index contributed by atoms with van der Waals surface area (Å²) in [5.41, 5.74) is 13.2. The van der Waals surface area contributed by atoms with Gasteiger partial charge in [-0.3, -0.25) is 0 Å². The molecular weight excluding hydrogens is 697 g/mol. The molecule has 266 valence electrons. The summed E-state index contributed by atoms with van der Waals surface area (Å²) in [5, 5.41) is 6.92. The third-order valence-electron chi connectivity index (χ3n) is 11.3. The number of nitrogens with zero attached hydrogens (tertiary/aromatic N) is 4. The average molecular weight is 729 g/mol. The van der Waals surface area contributed by atoms with Crippen molar-refractivity contribution in [2.45, 2.75) is 0 Å². The largest absolute Gasteiger partial charge is 0.456 e. The molecule has 0 aliphatic carbocycles. The Morgan fingerprint density at radius 3 is 1.63 bits per heavy atom. The van der Waals surface area contributed by atoms with Crippen molar-refractivity contribution < 1.29 is 4.42 Å². The third kappa shape index (κ3) is 4.82. The Kier molecular flexibility index (Phi) is 6.86. The monoisotopic (exact) mass is 728 g/mol. The molecule has 0 aliphatic heterocycles. The number of rotatable bonds is 5. The van der Waals surface area contributed by atoms with E-state index in [9.17, 15) is 0 Å². The van der Waals surface area contributed by atoms with E-state index in [1.807, 2.05) is 18.2 Å². The van der Waals surface area contributed by atoms with Crippen LogP contribution in [-0.2, 0) is 0 Å². The van der Waals surface area contributed by atoms with Gasteiger partial charge >= 0.3 is 0 Å². The van der Waals surface area contributed by atoms with Gasteiger partial charge in [0.25, 0.3) is 0 Å². The summed E-state index contributed by atoms with van der Waals surface area (Å²) in [5.74, 6) is 0.667. The third-order valence-corrected chi connectivity index (χ3v) is 11.3. The van der Waals surface area contributed by atoms with Crippen LogP contribution in [0.2, 0.25) is 0 Å². The Balaban J connectivity index is 1.22. The normalized spacial score (nSPS) is 11.9. The summed E-state index contributed by atoms with van der Waals surface area (Å²) in [7, 11) is 0. The van der Waals surface area contributed by atoms with Gasteiger partial charge in [0.05, 0.1) is 38.8 Å². The van der Waals surface area contributed by atoms with E-state index >= 15 is 0 Å². The summed E-state index contributed by atoms with van der Waals surface area (Å²) in [6, 6.07) is 68.2. The molecule has 0 atom stereocenters. The summed E-state index contributed by atoms with van der Waals surface area (Å²) in [6.45, 7) is 0. The molecular formula is C52H32N4O. The molecule has 0 bridgehead atoms. The predicted molar refractivity (Wildman–Crippen MR) is 234 cm³/mol. The molecule has 0 saturated carbocycles. The van der Waals surface area contributed by atoms with Crippen molar-refractivity contribution in [3.05, 3.63) is 194 Å². The van der Waals surface area contributed by atoms with Crippen LogP contribution in [0.25, 0.3) is 111 Å². The van der Waals surface area contributed by atoms with Crippen molar-refractivity contribution in [3.8, 4) is 45.3 Å². The van der Waals surface area contributed by atoms with Crippen LogP contribution in [-0.4, -0.2) is 19.1 Å². The molecule has 0 fully saturated rings. The molecule has 0 unspecified atom stereocenters. The molecule has 0 radical (unpaired) electrons. The van der Waals surface area contributed by atoms with Gasteiger partial charge in [-0.1, -0.05) is 140 Å². The van der Waals surface area contributed by atoms with E-state index in [1.54, 1.807) is 0 Å². The van der Waals surface area contributed by atoms with Gasteiger partial charge in [0.2, 0.25) is 0 Å². The van der Waals surface area contributed by atoms with E-state index in [-0.39, 0.29) is 0 Å². The lowest BCUT2D eigenvalue weighted by Gasteiger charge is -2.14. The molecule has 5 nitrogen and oxygen atoms in total. The highest BCUT2D eigenvalue weighted by Gasteiger charge is 2.24. The van der Waals surface area contributed by atoms with Crippen molar-refractivity contribution in [2.75, 3.05) is 0 Å². The van der Waals surface area contributed by atoms with Gasteiger partial charge in [0.1, 0.15) is 11.2 Å². The predicted octanol–water partition coefficient (Wildman–Crippen LogP) is 13.6. The molecule has 12 rings (SSSR count). The fourth-order valence-electron chi connectivity index (χ4n) is 8.82. The van der Waals surface area contributed by atoms with Crippen LogP contribution in [0.4, 0.5) is 0 Å². The Hall–Kier alpha value is -7.76. The van der Waals surface area contributed by atoms with Gasteiger partial charge in [0, 0.05) is 55.0 Å². The highest BCUT2D eigenvalue weighted by atomic mass is 16.3. The SMILES string of the molecule is c1ccc(-c2cc(-c3ccccc3)nc(-c3cccc(-n4c5c(ccc6oc7ccccc7c65)c5ccc6c7ccccc7n(-c7ccccc7)c6c54)c3)n2)cc1. The lowest BCUT2D eigenvalue weighted by atomic mass is 10.1. The summed E-state index contributed by atoms with van der Waals surface area (Å²) in [4.78, 5) is 10.4. The lowest BCUT2D eigenvalue weighted by molar-refractivity contribution is 0.669. The second kappa shape index (κ2) is 12.4. The zero-order valence-electron chi connectivity index (χ0n) is 30.7. The van der Waals surface area contributed by atoms with Crippen LogP contribution < -0.4 is 0 Å². The van der Waals surface area contributed by atoms with Gasteiger partial charge in [-0.2, -0.15) is 0 Å². The maximum atomic E-state index is 6.54. The van der Waals surface area contributed by atoms with Crippen LogP contribution in [0.3, 0.4) is 0 Å². The number of hydrogen-bond acceptors (Lipinski definition) is 3. The van der Waals surface area contributed by atoms with Crippen molar-refractivity contribution in [3.63, 3.8) is 0 Å². The van der Waals surface area contributed by atoms with E-state index in [0.29, 0.717) is 5.82 Å². The van der Waals surface area contributed by atoms with Gasteiger partial charge in [-0.05, 0) is 54.6 Å². The maximum Gasteiger partial charge on any atom is 0.160 e. The van der Waals surface area contributed by atoms with Crippen molar-refractivity contribution in [2.24, 2.45) is 0 Å². The van der Waals surface area contributed by atoms with Gasteiger partial charge in [0.15, 0.2) is 5.82 Å². The van der Waals surface area contributed by atoms with Crippen LogP contribution in [0.1, 0.15) is 0 Å². The zero-order valence-corrected chi connectivity index (χ0v) is 30.7. The molecule has 0 aliphatic rings. The molecule has 0 spiro atoms. The smallest absolute Gasteiger partial charge is 0.160 e. The number of benzene rings is 8. The second-order valence-corrected chi connectivity index (χ2v) is 14.6. The topological polar surface area (TPSA) is 48.8 Å². The molecule has 4 aromatic heterocycles. The first kappa shape index (κ1) is 31.6. The van der Waals surface area contributed by atoms with Gasteiger partial charge in [-0.25, -0.2) is 9.97 Å². The number of para-hydroxylation sites is 3. The highest BCUT2D eigenvalue weighted by molar-refractivity contribution is 6.29. The summed E-state index contributed by atoms with van der Waals surface area (Å²) >= 11 is 0. The second-order valence-electron chi connectivity index (χ2n) is 14.6. The van der Waals surface area contributed by atoms with E-state index in [4.69, 9.17) is 14.4 Å². The number of aromatic nitrogens is 4. The van der Waals surface area contributed by atoms with E-state index in [2.05, 4.69) is 185 Å². The van der Waals surface area contributed by atoms with Crippen molar-refractivity contribution in [1.29, 1.82) is 0 Å². The molecule has 5 heteroatoms. The van der Waals surface area contributed by atoms with Crippen molar-refractivity contribution >= 4 is 65.6 Å². The van der Waals surface area contributed by atoms with Gasteiger partial charge < -0.3 is 13.6 Å². The quantitative estimate of drug-likeness (QED) is 0.177. The molecule has 0 N–H and O–H groups in total. The minimum absolute atomic E-state index is 0.667. The zero-order chi connectivity index (χ0) is 37.5. The minimum Gasteiger partial charge on any atom is -0.456 e. The van der Waals surface area contributed by atoms with Crippen molar-refractivity contribution in [1.82, 2.24) is 19.1 Å².